The highest BCUT2D eigenvalue weighted by Crippen LogP contribution is 2.39. The van der Waals surface area contributed by atoms with Crippen molar-refractivity contribution in [2.75, 3.05) is 7.11 Å². The van der Waals surface area contributed by atoms with Crippen LogP contribution in [0.5, 0.6) is 0 Å². The first kappa shape index (κ1) is 9.50. The lowest BCUT2D eigenvalue weighted by molar-refractivity contribution is 0.241. The predicted molar refractivity (Wildman–Crippen MR) is 58.2 cm³/mol. The highest BCUT2D eigenvalue weighted by Gasteiger charge is 2.28. The minimum absolute atomic E-state index is 0.597. The topological polar surface area (TPSA) is 21.6 Å². The van der Waals surface area contributed by atoms with Crippen molar-refractivity contribution < 1.29 is 4.74 Å². The van der Waals surface area contributed by atoms with E-state index >= 15 is 0 Å². The molecule has 1 aliphatic heterocycles. The standard InChI is InChI=1S/C12H17NO/c1-9-8-12(14-2)13-7-6-11(9)10-4-3-5-10/h7-8,10-11H,1,3-6H2,2H3. The summed E-state index contributed by atoms with van der Waals surface area (Å²) in [6, 6.07) is 0. The number of methoxy groups -OCH3 is 1. The van der Waals surface area contributed by atoms with Crippen LogP contribution >= 0.6 is 0 Å². The second-order valence-corrected chi connectivity index (χ2v) is 4.11. The Morgan fingerprint density at radius 3 is 2.86 bits per heavy atom. The lowest BCUT2D eigenvalue weighted by Gasteiger charge is -2.33. The maximum Gasteiger partial charge on any atom is 0.212 e. The molecule has 2 aliphatic rings. The van der Waals surface area contributed by atoms with E-state index in [0.717, 1.165) is 12.3 Å². The van der Waals surface area contributed by atoms with Crippen molar-refractivity contribution >= 4 is 6.21 Å². The highest BCUT2D eigenvalue weighted by molar-refractivity contribution is 5.61. The van der Waals surface area contributed by atoms with Crippen LogP contribution in [0, 0.1) is 11.8 Å². The minimum Gasteiger partial charge on any atom is -0.481 e. The predicted octanol–water partition coefficient (Wildman–Crippen LogP) is 2.92. The third-order valence-electron chi connectivity index (χ3n) is 3.29. The minimum atomic E-state index is 0.597. The SMILES string of the molecule is C=C1C=C(OC)N=CCC1C1CCC1. The number of hydrogen-bond donors (Lipinski definition) is 0. The normalized spacial score (nSPS) is 27.9. The van der Waals surface area contributed by atoms with Crippen molar-refractivity contribution in [2.45, 2.75) is 25.7 Å². The van der Waals surface area contributed by atoms with Crippen LogP contribution in [0.4, 0.5) is 0 Å². The van der Waals surface area contributed by atoms with Crippen LogP contribution in [0.3, 0.4) is 0 Å². The average Bonchev–Trinajstić information content (AvgIpc) is 2.26. The van der Waals surface area contributed by atoms with Gasteiger partial charge in [-0.1, -0.05) is 13.0 Å². The van der Waals surface area contributed by atoms with Crippen LogP contribution in [-0.4, -0.2) is 13.3 Å². The average molecular weight is 191 g/mol. The number of allylic oxidation sites excluding steroid dienone is 2. The number of rotatable bonds is 2. The number of aliphatic imine (C=N–C) groups is 1. The molecular weight excluding hydrogens is 174 g/mol. The summed E-state index contributed by atoms with van der Waals surface area (Å²) in [6.07, 6.45) is 9.06. The summed E-state index contributed by atoms with van der Waals surface area (Å²) in [7, 11) is 1.65. The molecule has 2 heteroatoms. The second kappa shape index (κ2) is 3.99. The first-order valence-corrected chi connectivity index (χ1v) is 5.28. The number of ether oxygens (including phenoxy) is 1. The van der Waals surface area contributed by atoms with E-state index in [1.165, 1.54) is 24.8 Å². The van der Waals surface area contributed by atoms with Crippen LogP contribution in [-0.2, 0) is 4.74 Å². The van der Waals surface area contributed by atoms with Crippen molar-refractivity contribution in [3.8, 4) is 0 Å². The zero-order chi connectivity index (χ0) is 9.97. The summed E-state index contributed by atoms with van der Waals surface area (Å²) in [4.78, 5) is 4.24. The molecule has 0 spiro atoms. The van der Waals surface area contributed by atoms with E-state index in [1.54, 1.807) is 7.11 Å². The maximum atomic E-state index is 5.12. The zero-order valence-electron chi connectivity index (χ0n) is 8.70. The van der Waals surface area contributed by atoms with Gasteiger partial charge in [-0.3, -0.25) is 0 Å². The van der Waals surface area contributed by atoms with Gasteiger partial charge in [0.2, 0.25) is 5.88 Å². The van der Waals surface area contributed by atoms with Gasteiger partial charge in [-0.2, -0.15) is 0 Å². The monoisotopic (exact) mass is 191 g/mol. The number of nitrogens with zero attached hydrogens (tertiary/aromatic N) is 1. The Kier molecular flexibility index (Phi) is 2.71. The van der Waals surface area contributed by atoms with E-state index in [0.29, 0.717) is 11.8 Å². The van der Waals surface area contributed by atoms with Crippen LogP contribution in [0.1, 0.15) is 25.7 Å². The highest BCUT2D eigenvalue weighted by atomic mass is 16.5. The van der Waals surface area contributed by atoms with E-state index < -0.39 is 0 Å². The zero-order valence-corrected chi connectivity index (χ0v) is 8.70. The Hall–Kier alpha value is -1.05. The van der Waals surface area contributed by atoms with Gasteiger partial charge in [0, 0.05) is 12.3 Å². The van der Waals surface area contributed by atoms with Crippen LogP contribution in [0.25, 0.3) is 0 Å². The number of hydrogen-bond acceptors (Lipinski definition) is 2. The quantitative estimate of drug-likeness (QED) is 0.657. The largest absolute Gasteiger partial charge is 0.481 e. The van der Waals surface area contributed by atoms with E-state index in [4.69, 9.17) is 4.74 Å². The molecule has 0 aromatic rings. The van der Waals surface area contributed by atoms with Crippen LogP contribution in [0.15, 0.2) is 29.1 Å². The molecule has 0 amide bonds. The molecule has 0 aromatic heterocycles. The molecule has 0 N–H and O–H groups in total. The van der Waals surface area contributed by atoms with Crippen molar-refractivity contribution in [2.24, 2.45) is 16.8 Å². The van der Waals surface area contributed by atoms with E-state index in [2.05, 4.69) is 11.6 Å². The fraction of sp³-hybridized carbons (Fsp3) is 0.583. The molecule has 14 heavy (non-hydrogen) atoms. The Balaban J connectivity index is 2.10. The van der Waals surface area contributed by atoms with Crippen LogP contribution < -0.4 is 0 Å². The molecule has 2 rings (SSSR count). The van der Waals surface area contributed by atoms with E-state index in [-0.39, 0.29) is 0 Å². The third-order valence-corrected chi connectivity index (χ3v) is 3.29. The molecule has 1 aliphatic carbocycles. The Morgan fingerprint density at radius 1 is 1.50 bits per heavy atom. The molecule has 1 atom stereocenters. The summed E-state index contributed by atoms with van der Waals surface area (Å²) in [6.45, 7) is 4.12. The van der Waals surface area contributed by atoms with Gasteiger partial charge in [-0.25, -0.2) is 4.99 Å². The van der Waals surface area contributed by atoms with Crippen LogP contribution in [0.2, 0.25) is 0 Å². The molecule has 0 bridgehead atoms. The van der Waals surface area contributed by atoms with Crippen molar-refractivity contribution in [3.63, 3.8) is 0 Å². The Morgan fingerprint density at radius 2 is 2.29 bits per heavy atom. The fourth-order valence-electron chi connectivity index (χ4n) is 2.16. The van der Waals surface area contributed by atoms with Gasteiger partial charge in [-0.15, -0.1) is 0 Å². The van der Waals surface area contributed by atoms with Crippen molar-refractivity contribution in [3.05, 3.63) is 24.1 Å². The fourth-order valence-corrected chi connectivity index (χ4v) is 2.16. The summed E-state index contributed by atoms with van der Waals surface area (Å²) in [5, 5.41) is 0. The second-order valence-electron chi connectivity index (χ2n) is 4.11. The van der Waals surface area contributed by atoms with Gasteiger partial charge in [0.25, 0.3) is 0 Å². The maximum absolute atomic E-state index is 5.12. The first-order valence-electron chi connectivity index (χ1n) is 5.28. The lowest BCUT2D eigenvalue weighted by Crippen LogP contribution is -2.22. The van der Waals surface area contributed by atoms with Gasteiger partial charge in [0.15, 0.2) is 0 Å². The van der Waals surface area contributed by atoms with Gasteiger partial charge in [0.1, 0.15) is 0 Å². The molecule has 1 heterocycles. The molecule has 0 aromatic carbocycles. The summed E-state index contributed by atoms with van der Waals surface area (Å²) in [5.41, 5.74) is 1.18. The molecule has 1 fully saturated rings. The molecule has 1 unspecified atom stereocenters. The van der Waals surface area contributed by atoms with E-state index in [1.807, 2.05) is 12.3 Å². The molecule has 0 saturated heterocycles. The molecular formula is C12H17NO. The molecule has 76 valence electrons. The van der Waals surface area contributed by atoms with Gasteiger partial charge in [0.05, 0.1) is 7.11 Å². The van der Waals surface area contributed by atoms with Gasteiger partial charge in [-0.05, 0) is 36.7 Å². The third kappa shape index (κ3) is 1.74. The van der Waals surface area contributed by atoms with Gasteiger partial charge < -0.3 is 4.74 Å². The summed E-state index contributed by atoms with van der Waals surface area (Å²) >= 11 is 0. The Bertz CT molecular complexity index is 287. The van der Waals surface area contributed by atoms with E-state index in [9.17, 15) is 0 Å². The van der Waals surface area contributed by atoms with Crippen molar-refractivity contribution in [1.29, 1.82) is 0 Å². The van der Waals surface area contributed by atoms with Gasteiger partial charge >= 0.3 is 0 Å². The first-order chi connectivity index (χ1) is 6.81. The smallest absolute Gasteiger partial charge is 0.212 e. The molecule has 2 nitrogen and oxygen atoms in total. The summed E-state index contributed by atoms with van der Waals surface area (Å²) < 4.78 is 5.12. The molecule has 0 radical (unpaired) electrons. The lowest BCUT2D eigenvalue weighted by atomic mass is 9.72. The van der Waals surface area contributed by atoms with Crippen molar-refractivity contribution in [1.82, 2.24) is 0 Å². The Labute approximate surface area is 85.4 Å². The molecule has 1 saturated carbocycles. The summed E-state index contributed by atoms with van der Waals surface area (Å²) in [5.74, 6) is 2.12.